The first-order valence-electron chi connectivity index (χ1n) is 4.59. The van der Waals surface area contributed by atoms with Crippen LogP contribution < -0.4 is 0 Å². The number of rotatable bonds is 3. The molecular weight excluding hydrogens is 256 g/mol. The van der Waals surface area contributed by atoms with E-state index in [0.717, 1.165) is 10.9 Å². The van der Waals surface area contributed by atoms with Crippen molar-refractivity contribution in [3.8, 4) is 0 Å². The Balaban J connectivity index is 2.86. The Morgan fingerprint density at radius 3 is 2.47 bits per heavy atom. The molecule has 0 amide bonds. The minimum Gasteiger partial charge on any atom is -0.465 e. The molecule has 0 atom stereocenters. The number of alkyl halides is 1. The summed E-state index contributed by atoms with van der Waals surface area (Å²) in [6.07, 6.45) is 2.07. The van der Waals surface area contributed by atoms with E-state index in [0.29, 0.717) is 5.56 Å². The monoisotopic (exact) mass is 268 g/mol. The molecule has 3 heteroatoms. The van der Waals surface area contributed by atoms with E-state index in [2.05, 4.69) is 26.7 Å². The quantitative estimate of drug-likeness (QED) is 0.621. The molecule has 0 aliphatic rings. The van der Waals surface area contributed by atoms with Crippen molar-refractivity contribution in [1.82, 2.24) is 0 Å². The van der Waals surface area contributed by atoms with Gasteiger partial charge in [-0.15, -0.1) is 0 Å². The lowest BCUT2D eigenvalue weighted by molar-refractivity contribution is 0.0601. The van der Waals surface area contributed by atoms with Crippen LogP contribution in [0, 0.1) is 0 Å². The van der Waals surface area contributed by atoms with E-state index in [1.165, 1.54) is 12.7 Å². The number of esters is 1. The molecule has 0 bridgehead atoms. The molecule has 0 aliphatic heterocycles. The van der Waals surface area contributed by atoms with Crippen molar-refractivity contribution < 1.29 is 9.53 Å². The molecule has 15 heavy (non-hydrogen) atoms. The number of ether oxygens (including phenoxy) is 1. The van der Waals surface area contributed by atoms with Crippen LogP contribution in [0.5, 0.6) is 0 Å². The fourth-order valence-electron chi connectivity index (χ4n) is 1.16. The van der Waals surface area contributed by atoms with Crippen molar-refractivity contribution in [3.63, 3.8) is 0 Å². The van der Waals surface area contributed by atoms with Gasteiger partial charge in [0.2, 0.25) is 0 Å². The Hall–Kier alpha value is -1.09. The van der Waals surface area contributed by atoms with Crippen LogP contribution in [0.25, 0.3) is 6.08 Å². The van der Waals surface area contributed by atoms with Crippen molar-refractivity contribution in [1.29, 1.82) is 0 Å². The molecule has 1 aromatic carbocycles. The highest BCUT2D eigenvalue weighted by molar-refractivity contribution is 9.09. The van der Waals surface area contributed by atoms with Gasteiger partial charge < -0.3 is 4.74 Å². The summed E-state index contributed by atoms with van der Waals surface area (Å²) in [7, 11) is 1.38. The highest BCUT2D eigenvalue weighted by Gasteiger charge is 2.03. The van der Waals surface area contributed by atoms with E-state index < -0.39 is 0 Å². The van der Waals surface area contributed by atoms with Gasteiger partial charge in [0.1, 0.15) is 0 Å². The number of halogens is 1. The van der Waals surface area contributed by atoms with Gasteiger partial charge in [-0.05, 0) is 24.6 Å². The zero-order valence-electron chi connectivity index (χ0n) is 8.79. The third kappa shape index (κ3) is 3.51. The third-order valence-electron chi connectivity index (χ3n) is 1.96. The lowest BCUT2D eigenvalue weighted by atomic mass is 10.1. The molecule has 0 aromatic heterocycles. The van der Waals surface area contributed by atoms with E-state index in [1.807, 2.05) is 19.1 Å². The second-order valence-corrected chi connectivity index (χ2v) is 3.80. The SMILES string of the molecule is COC(=O)c1ccc(C=C(C)CBr)cc1. The third-order valence-corrected chi connectivity index (χ3v) is 2.84. The molecule has 0 heterocycles. The maximum Gasteiger partial charge on any atom is 0.337 e. The normalized spacial score (nSPS) is 11.3. The minimum absolute atomic E-state index is 0.303. The van der Waals surface area contributed by atoms with E-state index >= 15 is 0 Å². The number of carbonyl (C=O) groups excluding carboxylic acids is 1. The first-order chi connectivity index (χ1) is 7.17. The van der Waals surface area contributed by atoms with Crippen LogP contribution in [0.2, 0.25) is 0 Å². The maximum atomic E-state index is 11.2. The predicted octanol–water partition coefficient (Wildman–Crippen LogP) is 3.27. The Labute approximate surface area is 98.1 Å². The number of allylic oxidation sites excluding steroid dienone is 1. The van der Waals surface area contributed by atoms with Gasteiger partial charge in [0.15, 0.2) is 0 Å². The molecule has 2 nitrogen and oxygen atoms in total. The van der Waals surface area contributed by atoms with E-state index in [1.54, 1.807) is 12.1 Å². The van der Waals surface area contributed by atoms with Crippen molar-refractivity contribution >= 4 is 28.0 Å². The number of hydrogen-bond donors (Lipinski definition) is 0. The Morgan fingerprint density at radius 1 is 1.40 bits per heavy atom. The molecule has 0 radical (unpaired) electrons. The first kappa shape index (κ1) is 12.0. The van der Waals surface area contributed by atoms with Gasteiger partial charge in [-0.2, -0.15) is 0 Å². The molecule has 0 fully saturated rings. The fourth-order valence-corrected chi connectivity index (χ4v) is 1.32. The lowest BCUT2D eigenvalue weighted by Crippen LogP contribution is -2.00. The van der Waals surface area contributed by atoms with E-state index in [-0.39, 0.29) is 5.97 Å². The van der Waals surface area contributed by atoms with E-state index in [4.69, 9.17) is 0 Å². The maximum absolute atomic E-state index is 11.2. The standard InChI is InChI=1S/C12H13BrO2/c1-9(8-13)7-10-3-5-11(6-4-10)12(14)15-2/h3-7H,8H2,1-2H3. The van der Waals surface area contributed by atoms with Crippen molar-refractivity contribution in [2.75, 3.05) is 12.4 Å². The van der Waals surface area contributed by atoms with Crippen LogP contribution in [0.4, 0.5) is 0 Å². The summed E-state index contributed by atoms with van der Waals surface area (Å²) in [6.45, 7) is 2.04. The number of benzene rings is 1. The van der Waals surface area contributed by atoms with Crippen LogP contribution in [-0.4, -0.2) is 18.4 Å². The van der Waals surface area contributed by atoms with Gasteiger partial charge in [0.25, 0.3) is 0 Å². The second-order valence-electron chi connectivity index (χ2n) is 3.24. The van der Waals surface area contributed by atoms with Crippen molar-refractivity contribution in [2.45, 2.75) is 6.92 Å². The average molecular weight is 269 g/mol. The molecule has 0 N–H and O–H groups in total. The predicted molar refractivity (Wildman–Crippen MR) is 65.2 cm³/mol. The van der Waals surface area contributed by atoms with Gasteiger partial charge in [-0.1, -0.05) is 39.7 Å². The molecule has 0 unspecified atom stereocenters. The number of hydrogen-bond acceptors (Lipinski definition) is 2. The average Bonchev–Trinajstić information content (AvgIpc) is 2.29. The van der Waals surface area contributed by atoms with Gasteiger partial charge >= 0.3 is 5.97 Å². The summed E-state index contributed by atoms with van der Waals surface area (Å²) in [4.78, 5) is 11.2. The van der Waals surface area contributed by atoms with Crippen molar-refractivity contribution in [3.05, 3.63) is 41.0 Å². The molecular formula is C12H13BrO2. The lowest BCUT2D eigenvalue weighted by Gasteiger charge is -2.00. The molecule has 0 saturated heterocycles. The molecule has 0 aliphatic carbocycles. The Kier molecular flexibility index (Phi) is 4.56. The Morgan fingerprint density at radius 2 is 2.00 bits per heavy atom. The summed E-state index contributed by atoms with van der Waals surface area (Å²) in [5.74, 6) is -0.303. The van der Waals surface area contributed by atoms with Crippen LogP contribution >= 0.6 is 15.9 Å². The van der Waals surface area contributed by atoms with Gasteiger partial charge in [0, 0.05) is 5.33 Å². The summed E-state index contributed by atoms with van der Waals surface area (Å²) in [5.41, 5.74) is 2.89. The van der Waals surface area contributed by atoms with Crippen LogP contribution in [0.3, 0.4) is 0 Å². The zero-order chi connectivity index (χ0) is 11.3. The molecule has 0 saturated carbocycles. The smallest absolute Gasteiger partial charge is 0.337 e. The molecule has 80 valence electrons. The summed E-state index contributed by atoms with van der Waals surface area (Å²) < 4.78 is 4.62. The number of carbonyl (C=O) groups is 1. The van der Waals surface area contributed by atoms with Gasteiger partial charge in [-0.25, -0.2) is 4.79 Å². The largest absolute Gasteiger partial charge is 0.465 e. The summed E-state index contributed by atoms with van der Waals surface area (Å²) >= 11 is 3.38. The van der Waals surface area contributed by atoms with E-state index in [9.17, 15) is 4.79 Å². The van der Waals surface area contributed by atoms with Gasteiger partial charge in [0.05, 0.1) is 12.7 Å². The van der Waals surface area contributed by atoms with Crippen molar-refractivity contribution in [2.24, 2.45) is 0 Å². The van der Waals surface area contributed by atoms with Crippen LogP contribution in [-0.2, 0) is 4.74 Å². The fraction of sp³-hybridized carbons (Fsp3) is 0.250. The first-order valence-corrected chi connectivity index (χ1v) is 5.71. The topological polar surface area (TPSA) is 26.3 Å². The van der Waals surface area contributed by atoms with Gasteiger partial charge in [-0.3, -0.25) is 0 Å². The minimum atomic E-state index is -0.303. The summed E-state index contributed by atoms with van der Waals surface area (Å²) in [5, 5.41) is 0.853. The molecule has 0 spiro atoms. The van der Waals surface area contributed by atoms with Crippen LogP contribution in [0.15, 0.2) is 29.8 Å². The molecule has 1 aromatic rings. The highest BCUT2D eigenvalue weighted by Crippen LogP contribution is 2.10. The second kappa shape index (κ2) is 5.71. The Bertz CT molecular complexity index is 366. The summed E-state index contributed by atoms with van der Waals surface area (Å²) in [6, 6.07) is 7.33. The zero-order valence-corrected chi connectivity index (χ0v) is 10.4. The highest BCUT2D eigenvalue weighted by atomic mass is 79.9. The molecule has 1 rings (SSSR count). The van der Waals surface area contributed by atoms with Crippen LogP contribution in [0.1, 0.15) is 22.8 Å². The number of methoxy groups -OCH3 is 1.